The number of hydrogen-bond donors (Lipinski definition) is 7. The van der Waals surface area contributed by atoms with Gasteiger partial charge >= 0.3 is 0 Å². The van der Waals surface area contributed by atoms with E-state index in [0.717, 1.165) is 19.3 Å². The lowest BCUT2D eigenvalue weighted by molar-refractivity contribution is -0.147. The Morgan fingerprint density at radius 3 is 2.34 bits per heavy atom. The fraction of sp³-hybridized carbons (Fsp3) is 0.727. The molecule has 35 heavy (non-hydrogen) atoms. The van der Waals surface area contributed by atoms with Crippen LogP contribution in [0, 0.1) is 5.41 Å². The summed E-state index contributed by atoms with van der Waals surface area (Å²) in [7, 11) is 0. The van der Waals surface area contributed by atoms with Crippen molar-refractivity contribution in [2.24, 2.45) is 11.5 Å². The predicted molar refractivity (Wildman–Crippen MR) is 134 cm³/mol. The van der Waals surface area contributed by atoms with Gasteiger partial charge in [0, 0.05) is 19.0 Å². The van der Waals surface area contributed by atoms with E-state index in [1.165, 1.54) is 11.8 Å². The van der Waals surface area contributed by atoms with E-state index in [0.29, 0.717) is 12.8 Å². The SMILES string of the molecule is C[C@H](N)C(=O)NCC(=O)NCC(=O)N(C1CCCCC1)[C@]([C]=O)(CCCNC(=N)N)C(=O)CCS. The van der Waals surface area contributed by atoms with Gasteiger partial charge in [0.15, 0.2) is 17.3 Å². The average Bonchev–Trinajstić information content (AvgIpc) is 2.83. The number of nitrogens with two attached hydrogens (primary N) is 2. The van der Waals surface area contributed by atoms with E-state index < -0.39 is 41.6 Å². The summed E-state index contributed by atoms with van der Waals surface area (Å²) in [5, 5.41) is 14.7. The van der Waals surface area contributed by atoms with E-state index in [-0.39, 0.29) is 50.1 Å². The standard InChI is InChI=1S/C22H38N7O5S/c1-15(23)20(34)28-12-18(32)27-13-19(33)29(16-6-3-2-4-7-16)22(14-30,17(31)8-11-35)9-5-10-26-21(24)25/h15-16,35H,2-13,23H2,1H3,(H,27,32)(H,28,34)(H4,24,25,26)/t15-,22-/m0/s1. The van der Waals surface area contributed by atoms with Gasteiger partial charge in [0.25, 0.3) is 0 Å². The van der Waals surface area contributed by atoms with Crippen molar-refractivity contribution >= 4 is 48.4 Å². The number of thiol groups is 1. The number of amides is 3. The topological polar surface area (TPSA) is 201 Å². The second-order valence-electron chi connectivity index (χ2n) is 8.64. The molecule has 0 heterocycles. The van der Waals surface area contributed by atoms with Gasteiger partial charge in [-0.05, 0) is 38.4 Å². The first kappa shape index (κ1) is 30.4. The number of hydrogen-bond acceptors (Lipinski definition) is 8. The van der Waals surface area contributed by atoms with Gasteiger partial charge in [-0.25, -0.2) is 0 Å². The summed E-state index contributed by atoms with van der Waals surface area (Å²) in [6, 6.07) is -1.15. The molecule has 8 N–H and O–H groups in total. The van der Waals surface area contributed by atoms with Crippen LogP contribution in [0.4, 0.5) is 0 Å². The molecule has 2 atom stereocenters. The van der Waals surface area contributed by atoms with Crippen LogP contribution in [0.1, 0.15) is 58.3 Å². The minimum Gasteiger partial charge on any atom is -0.370 e. The number of carbonyl (C=O) groups excluding carboxylic acids is 5. The van der Waals surface area contributed by atoms with Crippen molar-refractivity contribution < 1.29 is 24.0 Å². The van der Waals surface area contributed by atoms with E-state index in [1.807, 2.05) is 6.29 Å². The van der Waals surface area contributed by atoms with Crippen LogP contribution in [0.3, 0.4) is 0 Å². The lowest BCUT2D eigenvalue weighted by Gasteiger charge is -2.45. The van der Waals surface area contributed by atoms with Crippen LogP contribution in [-0.4, -0.2) is 83.7 Å². The van der Waals surface area contributed by atoms with Crippen molar-refractivity contribution in [1.82, 2.24) is 20.9 Å². The van der Waals surface area contributed by atoms with Crippen LogP contribution in [-0.2, 0) is 24.0 Å². The van der Waals surface area contributed by atoms with Gasteiger partial charge < -0.3 is 32.3 Å². The van der Waals surface area contributed by atoms with Gasteiger partial charge in [-0.3, -0.25) is 29.4 Å². The minimum absolute atomic E-state index is 0.00990. The molecule has 1 aliphatic carbocycles. The molecule has 12 nitrogen and oxygen atoms in total. The second kappa shape index (κ2) is 15.4. The van der Waals surface area contributed by atoms with Crippen LogP contribution in [0.2, 0.25) is 0 Å². The Hall–Kier alpha value is -2.67. The Morgan fingerprint density at radius 2 is 1.80 bits per heavy atom. The molecule has 3 amide bonds. The Balaban J connectivity index is 3.12. The van der Waals surface area contributed by atoms with Gasteiger partial charge in [-0.2, -0.15) is 12.6 Å². The fourth-order valence-electron chi connectivity index (χ4n) is 4.14. The highest BCUT2D eigenvalue weighted by Crippen LogP contribution is 2.32. The molecule has 197 valence electrons. The Morgan fingerprint density at radius 1 is 1.14 bits per heavy atom. The van der Waals surface area contributed by atoms with Crippen molar-refractivity contribution in [3.8, 4) is 0 Å². The molecule has 0 unspecified atom stereocenters. The molecule has 1 fully saturated rings. The van der Waals surface area contributed by atoms with Crippen LogP contribution in [0.25, 0.3) is 0 Å². The zero-order valence-electron chi connectivity index (χ0n) is 20.2. The van der Waals surface area contributed by atoms with Crippen LogP contribution < -0.4 is 27.4 Å². The number of rotatable bonds is 15. The van der Waals surface area contributed by atoms with E-state index in [9.17, 15) is 24.0 Å². The number of Topliss-reactive ketones (excluding diaryl/α,β-unsaturated/α-hetero) is 1. The van der Waals surface area contributed by atoms with Gasteiger partial charge in [-0.1, -0.05) is 19.3 Å². The van der Waals surface area contributed by atoms with Crippen LogP contribution in [0.5, 0.6) is 0 Å². The molecular formula is C22H38N7O5S. The number of nitrogens with one attached hydrogen (secondary N) is 4. The molecule has 0 aromatic rings. The van der Waals surface area contributed by atoms with Crippen molar-refractivity contribution in [2.45, 2.75) is 75.9 Å². The maximum atomic E-state index is 13.4. The van der Waals surface area contributed by atoms with Crippen molar-refractivity contribution in [3.05, 3.63) is 0 Å². The molecule has 0 bridgehead atoms. The largest absolute Gasteiger partial charge is 0.370 e. The highest BCUT2D eigenvalue weighted by Gasteiger charge is 2.49. The molecule has 13 heteroatoms. The first-order chi connectivity index (χ1) is 16.6. The number of nitrogens with zero attached hydrogens (tertiary/aromatic N) is 1. The molecular weight excluding hydrogens is 474 g/mol. The van der Waals surface area contributed by atoms with Crippen LogP contribution in [0.15, 0.2) is 0 Å². The number of guanidine groups is 1. The third-order valence-electron chi connectivity index (χ3n) is 5.89. The lowest BCUT2D eigenvalue weighted by Crippen LogP contribution is -2.64. The molecule has 0 aliphatic heterocycles. The average molecular weight is 513 g/mol. The van der Waals surface area contributed by atoms with Gasteiger partial charge in [0.1, 0.15) is 0 Å². The van der Waals surface area contributed by atoms with E-state index in [1.54, 1.807) is 0 Å². The van der Waals surface area contributed by atoms with Crippen LogP contribution >= 0.6 is 12.6 Å². The third kappa shape index (κ3) is 9.48. The molecule has 0 aromatic carbocycles. The number of carbonyl (C=O) groups is 4. The summed E-state index contributed by atoms with van der Waals surface area (Å²) in [5.41, 5.74) is 8.92. The lowest BCUT2D eigenvalue weighted by atomic mass is 9.82. The van der Waals surface area contributed by atoms with Gasteiger partial charge in [0.05, 0.1) is 19.1 Å². The second-order valence-corrected chi connectivity index (χ2v) is 9.09. The molecule has 1 saturated carbocycles. The van der Waals surface area contributed by atoms with Gasteiger partial charge in [0.2, 0.25) is 24.0 Å². The van der Waals surface area contributed by atoms with E-state index in [4.69, 9.17) is 16.9 Å². The number of ketones is 1. The minimum atomic E-state index is -1.84. The summed E-state index contributed by atoms with van der Waals surface area (Å²) in [5.74, 6) is -2.23. The molecule has 0 aromatic heterocycles. The normalized spacial score (nSPS) is 16.3. The highest BCUT2D eigenvalue weighted by molar-refractivity contribution is 7.80. The Kier molecular flexibility index (Phi) is 13.3. The Bertz CT molecular complexity index is 773. The first-order valence-electron chi connectivity index (χ1n) is 11.8. The van der Waals surface area contributed by atoms with Crippen molar-refractivity contribution in [2.75, 3.05) is 25.4 Å². The third-order valence-corrected chi connectivity index (χ3v) is 6.12. The molecule has 1 aliphatic rings. The summed E-state index contributed by atoms with van der Waals surface area (Å²) in [6.07, 6.45) is 6.01. The zero-order valence-corrected chi connectivity index (χ0v) is 21.1. The smallest absolute Gasteiger partial charge is 0.243 e. The zero-order chi connectivity index (χ0) is 26.4. The molecule has 0 saturated heterocycles. The summed E-state index contributed by atoms with van der Waals surface area (Å²) < 4.78 is 0. The summed E-state index contributed by atoms with van der Waals surface area (Å²) in [6.45, 7) is 0.891. The highest BCUT2D eigenvalue weighted by atomic mass is 32.1. The maximum absolute atomic E-state index is 13.4. The van der Waals surface area contributed by atoms with E-state index >= 15 is 0 Å². The predicted octanol–water partition coefficient (Wildman–Crippen LogP) is -1.27. The van der Waals surface area contributed by atoms with Crippen molar-refractivity contribution in [1.29, 1.82) is 5.41 Å². The monoisotopic (exact) mass is 512 g/mol. The Labute approximate surface area is 211 Å². The molecule has 1 radical (unpaired) electrons. The summed E-state index contributed by atoms with van der Waals surface area (Å²) in [4.78, 5) is 64.2. The van der Waals surface area contributed by atoms with E-state index in [2.05, 4.69) is 28.6 Å². The van der Waals surface area contributed by atoms with Crippen molar-refractivity contribution in [3.63, 3.8) is 0 Å². The quantitative estimate of drug-likeness (QED) is 0.0462. The molecule has 0 spiro atoms. The fourth-order valence-corrected chi connectivity index (χ4v) is 4.35. The van der Waals surface area contributed by atoms with Gasteiger partial charge in [-0.15, -0.1) is 0 Å². The molecule has 1 rings (SSSR count). The summed E-state index contributed by atoms with van der Waals surface area (Å²) >= 11 is 4.13. The maximum Gasteiger partial charge on any atom is 0.243 e. The first-order valence-corrected chi connectivity index (χ1v) is 12.5.